The Balaban J connectivity index is 2.24. The van der Waals surface area contributed by atoms with Gasteiger partial charge in [0, 0.05) is 13.1 Å². The molecule has 1 aromatic heterocycles. The molecule has 1 N–H and O–H groups in total. The van der Waals surface area contributed by atoms with Crippen molar-refractivity contribution in [2.75, 3.05) is 13.1 Å². The molecule has 0 aliphatic heterocycles. The van der Waals surface area contributed by atoms with E-state index in [0.29, 0.717) is 5.41 Å². The van der Waals surface area contributed by atoms with Crippen LogP contribution in [-0.4, -0.2) is 22.9 Å². The Morgan fingerprint density at radius 1 is 1.25 bits per heavy atom. The Morgan fingerprint density at radius 2 is 1.95 bits per heavy atom. The molecule has 20 heavy (non-hydrogen) atoms. The summed E-state index contributed by atoms with van der Waals surface area (Å²) in [5.41, 5.74) is 2.70. The van der Waals surface area contributed by atoms with Gasteiger partial charge in [-0.05, 0) is 44.6 Å². The highest BCUT2D eigenvalue weighted by molar-refractivity contribution is 6.31. The van der Waals surface area contributed by atoms with Gasteiger partial charge in [0.15, 0.2) is 0 Å². The lowest BCUT2D eigenvalue weighted by molar-refractivity contribution is 0.273. The Bertz CT molecular complexity index is 433. The smallest absolute Gasteiger partial charge is 0.0850 e. The fraction of sp³-hybridized carbons (Fsp3) is 0.812. The van der Waals surface area contributed by atoms with E-state index in [-0.39, 0.29) is 0 Å². The molecule has 0 spiro atoms. The van der Waals surface area contributed by atoms with Crippen molar-refractivity contribution in [3.8, 4) is 0 Å². The Hall–Kier alpha value is -0.540. The molecule has 1 aliphatic rings. The molecule has 1 saturated carbocycles. The van der Waals surface area contributed by atoms with E-state index >= 15 is 0 Å². The minimum absolute atomic E-state index is 0.387. The van der Waals surface area contributed by atoms with Gasteiger partial charge in [0.1, 0.15) is 0 Å². The minimum atomic E-state index is 0.387. The van der Waals surface area contributed by atoms with Crippen molar-refractivity contribution >= 4 is 11.6 Å². The first-order chi connectivity index (χ1) is 9.65. The van der Waals surface area contributed by atoms with E-state index in [4.69, 9.17) is 11.6 Å². The van der Waals surface area contributed by atoms with Crippen LogP contribution in [0.1, 0.15) is 57.8 Å². The second kappa shape index (κ2) is 6.95. The zero-order valence-electron chi connectivity index (χ0n) is 13.1. The second-order valence-electron chi connectivity index (χ2n) is 6.04. The number of hydrogen-bond donors (Lipinski definition) is 1. The van der Waals surface area contributed by atoms with Crippen LogP contribution >= 0.6 is 11.6 Å². The van der Waals surface area contributed by atoms with E-state index in [0.717, 1.165) is 43.2 Å². The molecule has 4 heteroatoms. The molecule has 1 heterocycles. The fourth-order valence-corrected chi connectivity index (χ4v) is 3.81. The Kier molecular flexibility index (Phi) is 5.50. The number of aromatic nitrogens is 2. The van der Waals surface area contributed by atoms with Gasteiger partial charge in [-0.2, -0.15) is 5.10 Å². The molecule has 3 nitrogen and oxygen atoms in total. The SMILES string of the molecule is CCNCC1(Cc2c(Cl)c(CC)nn2CC)CCCC1. The lowest BCUT2D eigenvalue weighted by atomic mass is 9.81. The molecule has 0 saturated heterocycles. The first-order valence-electron chi connectivity index (χ1n) is 8.10. The molecule has 114 valence electrons. The normalized spacial score (nSPS) is 17.8. The van der Waals surface area contributed by atoms with Crippen LogP contribution in [-0.2, 0) is 19.4 Å². The fourth-order valence-electron chi connectivity index (χ4n) is 3.47. The quantitative estimate of drug-likeness (QED) is 0.829. The first kappa shape index (κ1) is 15.8. The van der Waals surface area contributed by atoms with Gasteiger partial charge in [0.2, 0.25) is 0 Å². The number of nitrogens with one attached hydrogen (secondary N) is 1. The van der Waals surface area contributed by atoms with Crippen LogP contribution in [0.15, 0.2) is 0 Å². The summed E-state index contributed by atoms with van der Waals surface area (Å²) >= 11 is 6.58. The molecular weight excluding hydrogens is 270 g/mol. The maximum Gasteiger partial charge on any atom is 0.0850 e. The van der Waals surface area contributed by atoms with Crippen LogP contribution in [0.2, 0.25) is 5.02 Å². The average Bonchev–Trinajstić information content (AvgIpc) is 3.04. The van der Waals surface area contributed by atoms with Gasteiger partial charge in [-0.25, -0.2) is 0 Å². The van der Waals surface area contributed by atoms with Gasteiger partial charge in [-0.1, -0.05) is 38.3 Å². The molecular formula is C16H28ClN3. The van der Waals surface area contributed by atoms with Crippen molar-refractivity contribution in [3.05, 3.63) is 16.4 Å². The van der Waals surface area contributed by atoms with Crippen molar-refractivity contribution in [1.29, 1.82) is 0 Å². The summed E-state index contributed by atoms with van der Waals surface area (Å²) in [6.45, 7) is 9.52. The number of halogens is 1. The van der Waals surface area contributed by atoms with Gasteiger partial charge < -0.3 is 5.32 Å². The van der Waals surface area contributed by atoms with E-state index in [2.05, 4.69) is 35.9 Å². The third kappa shape index (κ3) is 3.20. The number of rotatable bonds is 7. The van der Waals surface area contributed by atoms with Crippen LogP contribution in [0, 0.1) is 5.41 Å². The standard InChI is InChI=1S/C16H28ClN3/c1-4-13-15(17)14(20(6-3)19-13)11-16(12-18-5-2)9-7-8-10-16/h18H,4-12H2,1-3H3. The van der Waals surface area contributed by atoms with Gasteiger partial charge in [-0.15, -0.1) is 0 Å². The predicted octanol–water partition coefficient (Wildman–Crippen LogP) is 3.83. The Labute approximate surface area is 128 Å². The summed E-state index contributed by atoms with van der Waals surface area (Å²) in [6.07, 6.45) is 7.31. The molecule has 2 rings (SSSR count). The van der Waals surface area contributed by atoms with Crippen LogP contribution in [0.5, 0.6) is 0 Å². The third-order valence-corrected chi connectivity index (χ3v) is 5.09. The molecule has 0 aromatic carbocycles. The average molecular weight is 298 g/mol. The molecule has 0 radical (unpaired) electrons. The van der Waals surface area contributed by atoms with Crippen LogP contribution < -0.4 is 5.32 Å². The summed E-state index contributed by atoms with van der Waals surface area (Å²) in [7, 11) is 0. The molecule has 0 unspecified atom stereocenters. The summed E-state index contributed by atoms with van der Waals surface area (Å²) in [5.74, 6) is 0. The van der Waals surface area contributed by atoms with Gasteiger partial charge in [0.25, 0.3) is 0 Å². The summed E-state index contributed by atoms with van der Waals surface area (Å²) < 4.78 is 2.12. The summed E-state index contributed by atoms with van der Waals surface area (Å²) in [5, 5.41) is 9.13. The summed E-state index contributed by atoms with van der Waals surface area (Å²) in [6, 6.07) is 0. The predicted molar refractivity (Wildman–Crippen MR) is 85.4 cm³/mol. The maximum atomic E-state index is 6.58. The molecule has 0 atom stereocenters. The topological polar surface area (TPSA) is 29.9 Å². The monoisotopic (exact) mass is 297 g/mol. The summed E-state index contributed by atoms with van der Waals surface area (Å²) in [4.78, 5) is 0. The maximum absolute atomic E-state index is 6.58. The lowest BCUT2D eigenvalue weighted by Gasteiger charge is -2.29. The van der Waals surface area contributed by atoms with E-state index in [1.165, 1.54) is 31.4 Å². The van der Waals surface area contributed by atoms with Crippen molar-refractivity contribution in [1.82, 2.24) is 15.1 Å². The minimum Gasteiger partial charge on any atom is -0.316 e. The molecule has 1 aromatic rings. The van der Waals surface area contributed by atoms with E-state index in [1.807, 2.05) is 0 Å². The largest absolute Gasteiger partial charge is 0.316 e. The number of aryl methyl sites for hydroxylation is 2. The molecule has 0 bridgehead atoms. The second-order valence-corrected chi connectivity index (χ2v) is 6.42. The highest BCUT2D eigenvalue weighted by atomic mass is 35.5. The van der Waals surface area contributed by atoms with Gasteiger partial charge >= 0.3 is 0 Å². The van der Waals surface area contributed by atoms with Crippen LogP contribution in [0.3, 0.4) is 0 Å². The highest BCUT2D eigenvalue weighted by Gasteiger charge is 2.35. The third-order valence-electron chi connectivity index (χ3n) is 4.65. The first-order valence-corrected chi connectivity index (χ1v) is 8.48. The van der Waals surface area contributed by atoms with Gasteiger partial charge in [-0.3, -0.25) is 4.68 Å². The lowest BCUT2D eigenvalue weighted by Crippen LogP contribution is -2.34. The molecule has 1 aliphatic carbocycles. The zero-order valence-corrected chi connectivity index (χ0v) is 13.9. The molecule has 1 fully saturated rings. The zero-order chi connectivity index (χ0) is 14.6. The van der Waals surface area contributed by atoms with E-state index < -0.39 is 0 Å². The van der Waals surface area contributed by atoms with E-state index in [9.17, 15) is 0 Å². The number of nitrogens with zero attached hydrogens (tertiary/aromatic N) is 2. The van der Waals surface area contributed by atoms with Crippen molar-refractivity contribution < 1.29 is 0 Å². The highest BCUT2D eigenvalue weighted by Crippen LogP contribution is 2.42. The number of hydrogen-bond acceptors (Lipinski definition) is 2. The van der Waals surface area contributed by atoms with E-state index in [1.54, 1.807) is 0 Å². The van der Waals surface area contributed by atoms with Gasteiger partial charge in [0.05, 0.1) is 16.4 Å². The Morgan fingerprint density at radius 3 is 2.50 bits per heavy atom. The molecule has 0 amide bonds. The van der Waals surface area contributed by atoms with Crippen LogP contribution in [0.4, 0.5) is 0 Å². The van der Waals surface area contributed by atoms with Crippen LogP contribution in [0.25, 0.3) is 0 Å². The van der Waals surface area contributed by atoms with Crippen molar-refractivity contribution in [2.24, 2.45) is 5.41 Å². The van der Waals surface area contributed by atoms with Crippen molar-refractivity contribution in [2.45, 2.75) is 65.8 Å². The van der Waals surface area contributed by atoms with Crippen molar-refractivity contribution in [3.63, 3.8) is 0 Å².